The highest BCUT2D eigenvalue weighted by Crippen LogP contribution is 2.11. The number of hydrogen-bond acceptors (Lipinski definition) is 3. The third-order valence-corrected chi connectivity index (χ3v) is 2.71. The molecule has 0 radical (unpaired) electrons. The number of carbonyl (C=O) groups is 1. The van der Waals surface area contributed by atoms with Crippen molar-refractivity contribution >= 4 is 5.91 Å². The van der Waals surface area contributed by atoms with Gasteiger partial charge in [0.25, 0.3) is 5.91 Å². The first-order valence-electron chi connectivity index (χ1n) is 5.60. The molecule has 1 unspecified atom stereocenters. The number of carbonyl (C=O) groups excluding carboxylic acids is 1. The molecule has 0 aliphatic carbocycles. The Hall–Kier alpha value is -1.08. The second-order valence-electron chi connectivity index (χ2n) is 4.37. The molecule has 1 aliphatic rings. The lowest BCUT2D eigenvalue weighted by molar-refractivity contribution is -0.129. The minimum atomic E-state index is -0.535. The monoisotopic (exact) mass is 209 g/mol. The van der Waals surface area contributed by atoms with E-state index in [9.17, 15) is 4.79 Å². The summed E-state index contributed by atoms with van der Waals surface area (Å²) in [5.41, 5.74) is 2.82. The molecule has 4 heteroatoms. The number of hydrazine groups is 1. The Morgan fingerprint density at radius 1 is 1.33 bits per heavy atom. The second kappa shape index (κ2) is 5.72. The first-order chi connectivity index (χ1) is 7.15. The number of rotatable bonds is 3. The first-order valence-corrected chi connectivity index (χ1v) is 5.60. The van der Waals surface area contributed by atoms with Crippen LogP contribution < -0.4 is 5.43 Å². The van der Waals surface area contributed by atoms with Crippen molar-refractivity contribution in [1.82, 2.24) is 10.4 Å². The predicted molar refractivity (Wildman–Crippen MR) is 57.5 cm³/mol. The summed E-state index contributed by atoms with van der Waals surface area (Å²) in [4.78, 5) is 11.7. The van der Waals surface area contributed by atoms with E-state index in [1.807, 2.05) is 18.9 Å². The fourth-order valence-electron chi connectivity index (χ4n) is 1.74. The molecule has 1 rings (SSSR count). The molecule has 0 aromatic carbocycles. The summed E-state index contributed by atoms with van der Waals surface area (Å²) in [7, 11) is 0. The molecule has 1 heterocycles. The Kier molecular flexibility index (Phi) is 4.57. The Morgan fingerprint density at radius 3 is 2.40 bits per heavy atom. The van der Waals surface area contributed by atoms with E-state index >= 15 is 0 Å². The van der Waals surface area contributed by atoms with Gasteiger partial charge in [-0.25, -0.2) is 5.01 Å². The minimum absolute atomic E-state index is 0.0693. The fraction of sp³-hybridized carbons (Fsp3) is 0.818. The zero-order valence-electron chi connectivity index (χ0n) is 9.49. The highest BCUT2D eigenvalue weighted by Gasteiger charge is 2.23. The Bertz CT molecular complexity index is 251. The molecule has 1 fully saturated rings. The lowest BCUT2D eigenvalue weighted by Gasteiger charge is -2.28. The summed E-state index contributed by atoms with van der Waals surface area (Å²) >= 11 is 0. The summed E-state index contributed by atoms with van der Waals surface area (Å²) in [6.45, 7) is 5.59. The molecule has 1 saturated heterocycles. The van der Waals surface area contributed by atoms with E-state index in [2.05, 4.69) is 11.5 Å². The summed E-state index contributed by atoms with van der Waals surface area (Å²) in [6.07, 6.45) is 3.48. The lowest BCUT2D eigenvalue weighted by Crippen LogP contribution is -2.47. The van der Waals surface area contributed by atoms with E-state index in [4.69, 9.17) is 5.26 Å². The van der Waals surface area contributed by atoms with Crippen LogP contribution in [0.5, 0.6) is 0 Å². The van der Waals surface area contributed by atoms with Crippen LogP contribution in [0.15, 0.2) is 0 Å². The van der Waals surface area contributed by atoms with Gasteiger partial charge < -0.3 is 0 Å². The lowest BCUT2D eigenvalue weighted by atomic mass is 9.97. The SMILES string of the molecule is CC(C)C(C#N)C(=O)NN1CCCCC1. The van der Waals surface area contributed by atoms with E-state index in [-0.39, 0.29) is 11.8 Å². The van der Waals surface area contributed by atoms with Crippen molar-refractivity contribution in [3.05, 3.63) is 0 Å². The molecule has 1 atom stereocenters. The smallest absolute Gasteiger partial charge is 0.251 e. The van der Waals surface area contributed by atoms with Crippen molar-refractivity contribution in [3.63, 3.8) is 0 Å². The highest BCUT2D eigenvalue weighted by molar-refractivity contribution is 5.80. The molecule has 0 bridgehead atoms. The summed E-state index contributed by atoms with van der Waals surface area (Å²) < 4.78 is 0. The molecule has 0 saturated carbocycles. The first kappa shape index (κ1) is 12.0. The van der Waals surface area contributed by atoms with Crippen molar-refractivity contribution in [2.24, 2.45) is 11.8 Å². The molecule has 4 nitrogen and oxygen atoms in total. The maximum Gasteiger partial charge on any atom is 0.251 e. The molecule has 1 aliphatic heterocycles. The molecule has 0 aromatic rings. The van der Waals surface area contributed by atoms with Gasteiger partial charge in [0.1, 0.15) is 5.92 Å². The van der Waals surface area contributed by atoms with E-state index in [0.29, 0.717) is 0 Å². The molecule has 84 valence electrons. The normalized spacial score (nSPS) is 19.6. The number of piperidine rings is 1. The molecule has 1 N–H and O–H groups in total. The number of nitrogens with one attached hydrogen (secondary N) is 1. The van der Waals surface area contributed by atoms with Gasteiger partial charge in [0, 0.05) is 13.1 Å². The second-order valence-corrected chi connectivity index (χ2v) is 4.37. The Labute approximate surface area is 91.2 Å². The highest BCUT2D eigenvalue weighted by atomic mass is 16.2. The molecule has 0 spiro atoms. The topological polar surface area (TPSA) is 56.1 Å². The largest absolute Gasteiger partial charge is 0.288 e. The number of nitriles is 1. The zero-order valence-corrected chi connectivity index (χ0v) is 9.49. The van der Waals surface area contributed by atoms with Crippen LogP contribution in [0.2, 0.25) is 0 Å². The summed E-state index contributed by atoms with van der Waals surface area (Å²) in [5.74, 6) is -0.624. The van der Waals surface area contributed by atoms with Crippen molar-refractivity contribution in [3.8, 4) is 6.07 Å². The van der Waals surface area contributed by atoms with E-state index in [0.717, 1.165) is 25.9 Å². The average molecular weight is 209 g/mol. The van der Waals surface area contributed by atoms with Gasteiger partial charge in [0.2, 0.25) is 0 Å². The maximum absolute atomic E-state index is 11.7. The third kappa shape index (κ3) is 3.52. The predicted octanol–water partition coefficient (Wildman–Crippen LogP) is 1.30. The number of hydrogen-bond donors (Lipinski definition) is 1. The van der Waals surface area contributed by atoms with Gasteiger partial charge in [-0.3, -0.25) is 10.2 Å². The standard InChI is InChI=1S/C11H19N3O/c1-9(2)10(8-12)11(15)13-14-6-4-3-5-7-14/h9-10H,3-7H2,1-2H3,(H,13,15). The van der Waals surface area contributed by atoms with Crippen LogP contribution in [-0.2, 0) is 4.79 Å². The average Bonchev–Trinajstić information content (AvgIpc) is 2.19. The molecule has 15 heavy (non-hydrogen) atoms. The summed E-state index contributed by atoms with van der Waals surface area (Å²) in [6, 6.07) is 2.05. The van der Waals surface area contributed by atoms with Gasteiger partial charge >= 0.3 is 0 Å². The maximum atomic E-state index is 11.7. The van der Waals surface area contributed by atoms with Crippen molar-refractivity contribution in [2.75, 3.05) is 13.1 Å². The van der Waals surface area contributed by atoms with Gasteiger partial charge in [-0.15, -0.1) is 0 Å². The third-order valence-electron chi connectivity index (χ3n) is 2.71. The van der Waals surface area contributed by atoms with Crippen LogP contribution in [0.25, 0.3) is 0 Å². The van der Waals surface area contributed by atoms with Gasteiger partial charge in [0.15, 0.2) is 0 Å². The quantitative estimate of drug-likeness (QED) is 0.762. The van der Waals surface area contributed by atoms with E-state index in [1.54, 1.807) is 0 Å². The fourth-order valence-corrected chi connectivity index (χ4v) is 1.74. The van der Waals surface area contributed by atoms with Gasteiger partial charge in [-0.1, -0.05) is 20.3 Å². The van der Waals surface area contributed by atoms with Crippen molar-refractivity contribution in [1.29, 1.82) is 5.26 Å². The molecular weight excluding hydrogens is 190 g/mol. The molecule has 1 amide bonds. The summed E-state index contributed by atoms with van der Waals surface area (Å²) in [5, 5.41) is 10.8. The van der Waals surface area contributed by atoms with Crippen LogP contribution in [0.3, 0.4) is 0 Å². The van der Waals surface area contributed by atoms with Crippen LogP contribution in [0.1, 0.15) is 33.1 Å². The van der Waals surface area contributed by atoms with Gasteiger partial charge in [-0.2, -0.15) is 5.26 Å². The van der Waals surface area contributed by atoms with Crippen molar-refractivity contribution < 1.29 is 4.79 Å². The van der Waals surface area contributed by atoms with E-state index in [1.165, 1.54) is 6.42 Å². The Balaban J connectivity index is 2.43. The van der Waals surface area contributed by atoms with Gasteiger partial charge in [-0.05, 0) is 18.8 Å². The number of amides is 1. The van der Waals surface area contributed by atoms with Crippen LogP contribution in [0.4, 0.5) is 0 Å². The van der Waals surface area contributed by atoms with Crippen LogP contribution >= 0.6 is 0 Å². The Morgan fingerprint density at radius 2 is 1.93 bits per heavy atom. The molecular formula is C11H19N3O. The zero-order chi connectivity index (χ0) is 11.3. The van der Waals surface area contributed by atoms with Crippen molar-refractivity contribution in [2.45, 2.75) is 33.1 Å². The van der Waals surface area contributed by atoms with Crippen LogP contribution in [-0.4, -0.2) is 24.0 Å². The molecule has 0 aromatic heterocycles. The van der Waals surface area contributed by atoms with Crippen LogP contribution in [0, 0.1) is 23.2 Å². The minimum Gasteiger partial charge on any atom is -0.288 e. The number of nitrogens with zero attached hydrogens (tertiary/aromatic N) is 2. The van der Waals surface area contributed by atoms with E-state index < -0.39 is 5.92 Å². The van der Waals surface area contributed by atoms with Gasteiger partial charge in [0.05, 0.1) is 6.07 Å².